The van der Waals surface area contributed by atoms with E-state index in [1.807, 2.05) is 6.07 Å². The molecule has 0 saturated heterocycles. The van der Waals surface area contributed by atoms with Crippen molar-refractivity contribution in [3.63, 3.8) is 0 Å². The molecule has 1 unspecified atom stereocenters. The van der Waals surface area contributed by atoms with Crippen molar-refractivity contribution in [2.24, 2.45) is 5.41 Å². The summed E-state index contributed by atoms with van der Waals surface area (Å²) in [6.45, 7) is 10.3. The maximum absolute atomic E-state index is 12.0. The Bertz CT molecular complexity index is 412. The lowest BCUT2D eigenvalue weighted by atomic mass is 9.86. The van der Waals surface area contributed by atoms with Crippen LogP contribution in [0.15, 0.2) is 42.5 Å². The average molecular weight is 246 g/mol. The molecule has 1 aromatic carbocycles. The molecule has 0 amide bonds. The van der Waals surface area contributed by atoms with Crippen LogP contribution in [0.5, 0.6) is 0 Å². The van der Waals surface area contributed by atoms with Gasteiger partial charge in [0.1, 0.15) is 6.10 Å². The first-order valence-electron chi connectivity index (χ1n) is 6.23. The van der Waals surface area contributed by atoms with E-state index in [-0.39, 0.29) is 11.2 Å². The van der Waals surface area contributed by atoms with Crippen molar-refractivity contribution >= 4 is 5.78 Å². The van der Waals surface area contributed by atoms with Crippen molar-refractivity contribution in [1.29, 1.82) is 0 Å². The van der Waals surface area contributed by atoms with E-state index < -0.39 is 6.10 Å². The third-order valence-corrected chi connectivity index (χ3v) is 2.62. The molecule has 0 heterocycles. The summed E-state index contributed by atoms with van der Waals surface area (Å²) in [4.78, 5) is 12.0. The number of Topliss-reactive ketones (excluding diaryl/α,β-unsaturated/α-hetero) is 1. The van der Waals surface area contributed by atoms with E-state index >= 15 is 0 Å². The third kappa shape index (κ3) is 4.84. The van der Waals surface area contributed by atoms with Gasteiger partial charge in [-0.15, -0.1) is 0 Å². The molecule has 0 bridgehead atoms. The Balaban J connectivity index is 2.59. The van der Waals surface area contributed by atoms with Crippen molar-refractivity contribution in [3.8, 4) is 0 Å². The first kappa shape index (κ1) is 14.7. The topological polar surface area (TPSA) is 37.3 Å². The second-order valence-corrected chi connectivity index (χ2v) is 5.94. The molecule has 0 aliphatic carbocycles. The predicted octanol–water partition coefficient (Wildman–Crippen LogP) is 3.61. The first-order valence-corrected chi connectivity index (χ1v) is 6.23. The largest absolute Gasteiger partial charge is 0.385 e. The number of rotatable bonds is 5. The van der Waals surface area contributed by atoms with Crippen LogP contribution in [0.1, 0.15) is 44.0 Å². The van der Waals surface area contributed by atoms with E-state index in [0.717, 1.165) is 12.0 Å². The van der Waals surface area contributed by atoms with Crippen LogP contribution in [0.2, 0.25) is 0 Å². The molecule has 18 heavy (non-hydrogen) atoms. The minimum Gasteiger partial charge on any atom is -0.385 e. The highest BCUT2D eigenvalue weighted by atomic mass is 16.3. The second kappa shape index (κ2) is 5.96. The second-order valence-electron chi connectivity index (χ2n) is 5.94. The molecule has 2 nitrogen and oxygen atoms in total. The van der Waals surface area contributed by atoms with Gasteiger partial charge in [0, 0.05) is 12.0 Å². The van der Waals surface area contributed by atoms with Gasteiger partial charge in [-0.05, 0) is 11.8 Å². The highest BCUT2D eigenvalue weighted by molar-refractivity contribution is 5.99. The number of hydrogen-bond acceptors (Lipinski definition) is 2. The standard InChI is InChI=1S/C16H22O2/c1-12(11-16(2,3)4)10-14(17)15(18)13-8-6-5-7-9-13/h5-9,14,17H,1,10-11H2,2-4H3. The van der Waals surface area contributed by atoms with Gasteiger partial charge in [0.25, 0.3) is 0 Å². The molecule has 1 atom stereocenters. The number of carbonyl (C=O) groups is 1. The normalized spacial score (nSPS) is 13.1. The van der Waals surface area contributed by atoms with Crippen LogP contribution in [0.3, 0.4) is 0 Å². The number of ketones is 1. The fraction of sp³-hybridized carbons (Fsp3) is 0.438. The number of hydrogen-bond donors (Lipinski definition) is 1. The lowest BCUT2D eigenvalue weighted by Gasteiger charge is -2.21. The van der Waals surface area contributed by atoms with E-state index in [9.17, 15) is 9.90 Å². The number of aliphatic hydroxyl groups excluding tert-OH is 1. The van der Waals surface area contributed by atoms with Crippen LogP contribution in [0.4, 0.5) is 0 Å². The molecule has 0 aliphatic rings. The van der Waals surface area contributed by atoms with E-state index in [1.165, 1.54) is 0 Å². The van der Waals surface area contributed by atoms with Gasteiger partial charge in [-0.3, -0.25) is 4.79 Å². The zero-order valence-corrected chi connectivity index (χ0v) is 11.4. The van der Waals surface area contributed by atoms with Crippen molar-refractivity contribution in [2.45, 2.75) is 39.7 Å². The monoisotopic (exact) mass is 246 g/mol. The Labute approximate surface area is 109 Å². The molecule has 98 valence electrons. The highest BCUT2D eigenvalue weighted by Gasteiger charge is 2.20. The lowest BCUT2D eigenvalue weighted by Crippen LogP contribution is -2.22. The van der Waals surface area contributed by atoms with E-state index in [0.29, 0.717) is 12.0 Å². The van der Waals surface area contributed by atoms with Gasteiger partial charge >= 0.3 is 0 Å². The quantitative estimate of drug-likeness (QED) is 0.636. The summed E-state index contributed by atoms with van der Waals surface area (Å²) in [7, 11) is 0. The zero-order chi connectivity index (χ0) is 13.8. The summed E-state index contributed by atoms with van der Waals surface area (Å²) in [6.07, 6.45) is 0.166. The zero-order valence-electron chi connectivity index (χ0n) is 11.4. The van der Waals surface area contributed by atoms with Gasteiger partial charge in [-0.2, -0.15) is 0 Å². The van der Waals surface area contributed by atoms with Crippen LogP contribution < -0.4 is 0 Å². The summed E-state index contributed by atoms with van der Waals surface area (Å²) in [5, 5.41) is 9.93. The molecule has 0 radical (unpaired) electrons. The molecule has 0 aromatic heterocycles. The minimum atomic E-state index is -0.984. The van der Waals surface area contributed by atoms with Crippen LogP contribution in [-0.4, -0.2) is 17.0 Å². The molecule has 0 fully saturated rings. The van der Waals surface area contributed by atoms with Gasteiger partial charge in [0.2, 0.25) is 0 Å². The minimum absolute atomic E-state index is 0.132. The molecule has 2 heteroatoms. The summed E-state index contributed by atoms with van der Waals surface area (Å²) in [6, 6.07) is 8.88. The Morgan fingerprint density at radius 2 is 1.83 bits per heavy atom. The molecule has 0 aliphatic heterocycles. The molecule has 1 aromatic rings. The van der Waals surface area contributed by atoms with Crippen molar-refractivity contribution in [2.75, 3.05) is 0 Å². The Kier molecular flexibility index (Phi) is 4.85. The smallest absolute Gasteiger partial charge is 0.191 e. The van der Waals surface area contributed by atoms with Gasteiger partial charge in [-0.1, -0.05) is 63.3 Å². The Morgan fingerprint density at radius 1 is 1.28 bits per heavy atom. The van der Waals surface area contributed by atoms with Crippen LogP contribution in [0.25, 0.3) is 0 Å². The van der Waals surface area contributed by atoms with Crippen molar-refractivity contribution in [1.82, 2.24) is 0 Å². The number of benzene rings is 1. The van der Waals surface area contributed by atoms with E-state index in [1.54, 1.807) is 24.3 Å². The third-order valence-electron chi connectivity index (χ3n) is 2.62. The molecule has 1 rings (SSSR count). The molecular formula is C16H22O2. The maximum Gasteiger partial charge on any atom is 0.191 e. The average Bonchev–Trinajstić information content (AvgIpc) is 2.26. The number of carbonyl (C=O) groups excluding carboxylic acids is 1. The van der Waals surface area contributed by atoms with Gasteiger partial charge in [-0.25, -0.2) is 0 Å². The fourth-order valence-corrected chi connectivity index (χ4v) is 1.98. The van der Waals surface area contributed by atoms with E-state index in [2.05, 4.69) is 27.4 Å². The highest BCUT2D eigenvalue weighted by Crippen LogP contribution is 2.25. The summed E-state index contributed by atoms with van der Waals surface area (Å²) < 4.78 is 0. The summed E-state index contributed by atoms with van der Waals surface area (Å²) >= 11 is 0. The molecule has 0 saturated carbocycles. The molecule has 1 N–H and O–H groups in total. The predicted molar refractivity (Wildman–Crippen MR) is 74.6 cm³/mol. The van der Waals surface area contributed by atoms with Crippen molar-refractivity contribution < 1.29 is 9.90 Å². The lowest BCUT2D eigenvalue weighted by molar-refractivity contribution is 0.0744. The van der Waals surface area contributed by atoms with Gasteiger partial charge < -0.3 is 5.11 Å². The van der Waals surface area contributed by atoms with Crippen molar-refractivity contribution in [3.05, 3.63) is 48.0 Å². The summed E-state index contributed by atoms with van der Waals surface area (Å²) in [5.41, 5.74) is 1.60. The Morgan fingerprint density at radius 3 is 2.33 bits per heavy atom. The summed E-state index contributed by atoms with van der Waals surface area (Å²) in [5.74, 6) is -0.231. The Hall–Kier alpha value is -1.41. The number of aliphatic hydroxyl groups is 1. The fourth-order valence-electron chi connectivity index (χ4n) is 1.98. The van der Waals surface area contributed by atoms with Crippen LogP contribution >= 0.6 is 0 Å². The van der Waals surface area contributed by atoms with Crippen LogP contribution in [-0.2, 0) is 0 Å². The molecule has 0 spiro atoms. The SMILES string of the molecule is C=C(CC(O)C(=O)c1ccccc1)CC(C)(C)C. The maximum atomic E-state index is 12.0. The molecular weight excluding hydrogens is 224 g/mol. The van der Waals surface area contributed by atoms with Gasteiger partial charge in [0.05, 0.1) is 0 Å². The van der Waals surface area contributed by atoms with E-state index in [4.69, 9.17) is 0 Å². The van der Waals surface area contributed by atoms with Crippen LogP contribution in [0, 0.1) is 5.41 Å². The first-order chi connectivity index (χ1) is 8.29. The van der Waals surface area contributed by atoms with Gasteiger partial charge in [0.15, 0.2) is 5.78 Å².